The summed E-state index contributed by atoms with van der Waals surface area (Å²) < 4.78 is 5.30. The van der Waals surface area contributed by atoms with Crippen LogP contribution in [-0.2, 0) is 0 Å². The number of nitrogens with one attached hydrogen (secondary N) is 1. The molecule has 2 heterocycles. The maximum absolute atomic E-state index is 13.4. The lowest BCUT2D eigenvalue weighted by molar-refractivity contribution is 0.0778. The number of nitrogens with zero attached hydrogens (tertiary/aromatic N) is 4. The van der Waals surface area contributed by atoms with Gasteiger partial charge in [-0.25, -0.2) is 9.97 Å². The Labute approximate surface area is 180 Å². The summed E-state index contributed by atoms with van der Waals surface area (Å²) >= 11 is 6.37. The van der Waals surface area contributed by atoms with Crippen LogP contribution in [0.1, 0.15) is 16.9 Å². The highest BCUT2D eigenvalue weighted by atomic mass is 35.5. The molecule has 1 saturated heterocycles. The molecule has 4 rings (SSSR count). The molecule has 0 aliphatic carbocycles. The lowest BCUT2D eigenvalue weighted by atomic mass is 10.2. The van der Waals surface area contributed by atoms with E-state index in [1.807, 2.05) is 43.3 Å². The highest BCUT2D eigenvalue weighted by Crippen LogP contribution is 2.31. The van der Waals surface area contributed by atoms with E-state index in [9.17, 15) is 4.79 Å². The highest BCUT2D eigenvalue weighted by Gasteiger charge is 2.31. The van der Waals surface area contributed by atoms with Gasteiger partial charge in [-0.15, -0.1) is 0 Å². The topological polar surface area (TPSA) is 70.6 Å². The van der Waals surface area contributed by atoms with Crippen molar-refractivity contribution in [3.8, 4) is 5.75 Å². The molecule has 0 bridgehead atoms. The molecule has 7 nitrogen and oxygen atoms in total. The zero-order valence-electron chi connectivity index (χ0n) is 17.2. The fourth-order valence-corrected chi connectivity index (χ4v) is 3.75. The number of methoxy groups -OCH3 is 1. The number of carbonyl (C=O) groups excluding carboxylic acids is 1. The van der Waals surface area contributed by atoms with E-state index >= 15 is 0 Å². The van der Waals surface area contributed by atoms with Crippen molar-refractivity contribution >= 4 is 40.0 Å². The number of para-hydroxylation sites is 2. The average molecular weight is 426 g/mol. The molecule has 1 amide bonds. The van der Waals surface area contributed by atoms with E-state index in [0.29, 0.717) is 52.4 Å². The van der Waals surface area contributed by atoms with Gasteiger partial charge in [0.25, 0.3) is 5.91 Å². The van der Waals surface area contributed by atoms with Crippen molar-refractivity contribution in [3.05, 3.63) is 53.2 Å². The maximum atomic E-state index is 13.4. The van der Waals surface area contributed by atoms with Crippen molar-refractivity contribution in [2.45, 2.75) is 12.5 Å². The molecule has 1 aliphatic heterocycles. The van der Waals surface area contributed by atoms with E-state index < -0.39 is 0 Å². The summed E-state index contributed by atoms with van der Waals surface area (Å²) in [5.74, 6) is 0.887. The van der Waals surface area contributed by atoms with Crippen LogP contribution in [0.3, 0.4) is 0 Å². The molecule has 1 unspecified atom stereocenters. The Bertz CT molecular complexity index is 1090. The van der Waals surface area contributed by atoms with E-state index in [2.05, 4.69) is 20.2 Å². The first-order chi connectivity index (χ1) is 14.5. The smallest absolute Gasteiger partial charge is 0.276 e. The van der Waals surface area contributed by atoms with Crippen molar-refractivity contribution in [1.82, 2.24) is 19.8 Å². The summed E-state index contributed by atoms with van der Waals surface area (Å²) in [7, 11) is 5.66. The third-order valence-electron chi connectivity index (χ3n) is 5.38. The Hall–Kier alpha value is -2.90. The van der Waals surface area contributed by atoms with Crippen LogP contribution in [0, 0.1) is 0 Å². The van der Waals surface area contributed by atoms with Crippen molar-refractivity contribution in [3.63, 3.8) is 0 Å². The summed E-state index contributed by atoms with van der Waals surface area (Å²) in [6.07, 6.45) is 0.935. The third-order valence-corrected chi connectivity index (χ3v) is 5.71. The van der Waals surface area contributed by atoms with Crippen LogP contribution in [0.5, 0.6) is 5.75 Å². The number of fused-ring (bicyclic) bond motifs is 1. The van der Waals surface area contributed by atoms with Crippen LogP contribution < -0.4 is 10.1 Å². The lowest BCUT2D eigenvalue weighted by Gasteiger charge is -2.21. The van der Waals surface area contributed by atoms with Gasteiger partial charge in [-0.1, -0.05) is 23.7 Å². The first kappa shape index (κ1) is 20.4. The van der Waals surface area contributed by atoms with Gasteiger partial charge in [0, 0.05) is 25.2 Å². The van der Waals surface area contributed by atoms with E-state index in [0.717, 1.165) is 6.42 Å². The predicted molar refractivity (Wildman–Crippen MR) is 119 cm³/mol. The van der Waals surface area contributed by atoms with Crippen LogP contribution in [0.15, 0.2) is 42.5 Å². The number of hydrogen-bond acceptors (Lipinski definition) is 6. The van der Waals surface area contributed by atoms with Crippen LogP contribution >= 0.6 is 11.6 Å². The molecular weight excluding hydrogens is 402 g/mol. The normalized spacial score (nSPS) is 16.3. The van der Waals surface area contributed by atoms with Gasteiger partial charge < -0.3 is 19.9 Å². The third kappa shape index (κ3) is 4.04. The molecular formula is C22H24ClN5O2. The fraction of sp³-hybridized carbons (Fsp3) is 0.318. The Morgan fingerprint density at radius 3 is 2.60 bits per heavy atom. The summed E-state index contributed by atoms with van der Waals surface area (Å²) in [5, 5.41) is 3.70. The average Bonchev–Trinajstić information content (AvgIpc) is 3.25. The number of hydrogen-bond donors (Lipinski definition) is 1. The van der Waals surface area contributed by atoms with E-state index in [1.165, 1.54) is 0 Å². The fourth-order valence-electron chi connectivity index (χ4n) is 3.59. The van der Waals surface area contributed by atoms with Gasteiger partial charge in [0.05, 0.1) is 28.9 Å². The number of halogens is 1. The number of rotatable bonds is 5. The van der Waals surface area contributed by atoms with Crippen LogP contribution in [0.4, 0.5) is 11.5 Å². The minimum atomic E-state index is -0.140. The Balaban J connectivity index is 1.74. The van der Waals surface area contributed by atoms with Gasteiger partial charge in [0.1, 0.15) is 5.75 Å². The number of likely N-dealkylation sites (N-methyl/N-ethyl adjacent to an activating group) is 1. The second-order valence-electron chi connectivity index (χ2n) is 7.54. The molecule has 1 N–H and O–H groups in total. The van der Waals surface area contributed by atoms with E-state index in [1.54, 1.807) is 25.3 Å². The molecule has 1 aliphatic rings. The van der Waals surface area contributed by atoms with Crippen molar-refractivity contribution in [2.24, 2.45) is 0 Å². The number of benzene rings is 2. The number of carbonyl (C=O) groups is 1. The Morgan fingerprint density at radius 2 is 1.93 bits per heavy atom. The molecule has 0 spiro atoms. The van der Waals surface area contributed by atoms with Gasteiger partial charge in [0.2, 0.25) is 0 Å². The van der Waals surface area contributed by atoms with Gasteiger partial charge in [0.15, 0.2) is 11.5 Å². The van der Waals surface area contributed by atoms with Gasteiger partial charge >= 0.3 is 0 Å². The molecule has 0 saturated carbocycles. The van der Waals surface area contributed by atoms with Crippen molar-refractivity contribution < 1.29 is 9.53 Å². The predicted octanol–water partition coefficient (Wildman–Crippen LogP) is 3.81. The monoisotopic (exact) mass is 425 g/mol. The molecule has 8 heteroatoms. The van der Waals surface area contributed by atoms with Crippen LogP contribution in [-0.4, -0.2) is 66.0 Å². The van der Waals surface area contributed by atoms with Crippen LogP contribution in [0.2, 0.25) is 5.02 Å². The maximum Gasteiger partial charge on any atom is 0.276 e. The zero-order valence-corrected chi connectivity index (χ0v) is 18.0. The van der Waals surface area contributed by atoms with E-state index in [-0.39, 0.29) is 11.6 Å². The second kappa shape index (κ2) is 8.45. The van der Waals surface area contributed by atoms with E-state index in [4.69, 9.17) is 16.3 Å². The SMILES string of the molecule is COc1ccc(Cl)c(Nc2nc3ccccc3nc2C(=O)N2CCC(N(C)C)C2)c1. The number of amides is 1. The number of aromatic nitrogens is 2. The lowest BCUT2D eigenvalue weighted by Crippen LogP contribution is -2.35. The first-order valence-electron chi connectivity index (χ1n) is 9.79. The quantitative estimate of drug-likeness (QED) is 0.670. The highest BCUT2D eigenvalue weighted by molar-refractivity contribution is 6.33. The molecule has 1 fully saturated rings. The number of anilines is 2. The Kier molecular flexibility index (Phi) is 5.74. The summed E-state index contributed by atoms with van der Waals surface area (Å²) in [6, 6.07) is 13.1. The molecule has 0 radical (unpaired) electrons. The second-order valence-corrected chi connectivity index (χ2v) is 7.94. The minimum Gasteiger partial charge on any atom is -0.497 e. The zero-order chi connectivity index (χ0) is 21.3. The first-order valence-corrected chi connectivity index (χ1v) is 10.2. The largest absolute Gasteiger partial charge is 0.497 e. The molecule has 1 aromatic heterocycles. The summed E-state index contributed by atoms with van der Waals surface area (Å²) in [5.41, 5.74) is 2.25. The van der Waals surface area contributed by atoms with Gasteiger partial charge in [-0.05, 0) is 44.8 Å². The molecule has 2 aromatic carbocycles. The standard InChI is InChI=1S/C22H24ClN5O2/c1-27(2)14-10-11-28(13-14)22(29)20-21(25-18-7-5-4-6-17(18)24-20)26-19-12-15(30-3)8-9-16(19)23/h4-9,12,14H,10-11,13H2,1-3H3,(H,25,26). The molecule has 1 atom stereocenters. The van der Waals surface area contributed by atoms with Gasteiger partial charge in [-0.2, -0.15) is 0 Å². The molecule has 3 aromatic rings. The minimum absolute atomic E-state index is 0.140. The van der Waals surface area contributed by atoms with Crippen molar-refractivity contribution in [1.29, 1.82) is 0 Å². The summed E-state index contributed by atoms with van der Waals surface area (Å²) in [6.45, 7) is 1.36. The van der Waals surface area contributed by atoms with Gasteiger partial charge in [-0.3, -0.25) is 4.79 Å². The molecule has 156 valence electrons. The molecule has 30 heavy (non-hydrogen) atoms. The number of ether oxygens (including phenoxy) is 1. The number of likely N-dealkylation sites (tertiary alicyclic amines) is 1. The van der Waals surface area contributed by atoms with Crippen molar-refractivity contribution in [2.75, 3.05) is 39.6 Å². The Morgan fingerprint density at radius 1 is 1.20 bits per heavy atom. The van der Waals surface area contributed by atoms with Crippen LogP contribution in [0.25, 0.3) is 11.0 Å². The summed E-state index contributed by atoms with van der Waals surface area (Å²) in [4.78, 5) is 26.7.